The van der Waals surface area contributed by atoms with Gasteiger partial charge < -0.3 is 25.3 Å². The van der Waals surface area contributed by atoms with Crippen LogP contribution in [0, 0.1) is 0 Å². The molecule has 1 aromatic rings. The third-order valence-corrected chi connectivity index (χ3v) is 4.41. The zero-order chi connectivity index (χ0) is 17.4. The van der Waals surface area contributed by atoms with Crippen LogP contribution in [-0.4, -0.2) is 33.3 Å². The van der Waals surface area contributed by atoms with E-state index in [-0.39, 0.29) is 0 Å². The van der Waals surface area contributed by atoms with E-state index in [0.717, 1.165) is 18.4 Å². The van der Waals surface area contributed by atoms with Crippen LogP contribution in [0.25, 0.3) is 0 Å². The van der Waals surface area contributed by atoms with Crippen molar-refractivity contribution in [1.82, 2.24) is 5.32 Å². The van der Waals surface area contributed by atoms with Gasteiger partial charge in [-0.15, -0.1) is 0 Å². The molecule has 0 spiro atoms. The molecule has 0 bridgehead atoms. The number of hydrogen-bond donors (Lipinski definition) is 2. The first-order valence-electron chi connectivity index (χ1n) is 8.53. The van der Waals surface area contributed by atoms with Crippen LogP contribution in [0.1, 0.15) is 44.1 Å². The maximum Gasteiger partial charge on any atom is 0.189 e. The SMILES string of the molecule is COc1cc(OC)c(OC)cc1CN=C(N)NC1CCCCCC1. The molecule has 1 aliphatic rings. The maximum atomic E-state index is 6.06. The Kier molecular flexibility index (Phi) is 7.03. The Bertz CT molecular complexity index is 553. The summed E-state index contributed by atoms with van der Waals surface area (Å²) < 4.78 is 16.1. The summed E-state index contributed by atoms with van der Waals surface area (Å²) in [5.74, 6) is 2.47. The van der Waals surface area contributed by atoms with Gasteiger partial charge >= 0.3 is 0 Å². The molecule has 0 amide bonds. The van der Waals surface area contributed by atoms with Crippen LogP contribution < -0.4 is 25.3 Å². The van der Waals surface area contributed by atoms with Crippen LogP contribution >= 0.6 is 0 Å². The minimum atomic E-state index is 0.426. The Balaban J connectivity index is 2.05. The average molecular weight is 335 g/mol. The lowest BCUT2D eigenvalue weighted by Gasteiger charge is -2.17. The zero-order valence-electron chi connectivity index (χ0n) is 14.9. The van der Waals surface area contributed by atoms with E-state index in [9.17, 15) is 0 Å². The number of hydrogen-bond acceptors (Lipinski definition) is 4. The van der Waals surface area contributed by atoms with Crippen LogP contribution in [0.4, 0.5) is 0 Å². The van der Waals surface area contributed by atoms with Gasteiger partial charge in [0.15, 0.2) is 17.5 Å². The maximum absolute atomic E-state index is 6.06. The molecule has 0 heterocycles. The topological polar surface area (TPSA) is 78.1 Å². The van der Waals surface area contributed by atoms with E-state index in [0.29, 0.717) is 35.8 Å². The summed E-state index contributed by atoms with van der Waals surface area (Å²) >= 11 is 0. The van der Waals surface area contributed by atoms with E-state index < -0.39 is 0 Å². The molecule has 0 saturated heterocycles. The van der Waals surface area contributed by atoms with Crippen LogP contribution in [0.15, 0.2) is 17.1 Å². The Labute approximate surface area is 144 Å². The number of rotatable bonds is 6. The van der Waals surface area contributed by atoms with Crippen molar-refractivity contribution in [2.24, 2.45) is 10.7 Å². The van der Waals surface area contributed by atoms with Gasteiger partial charge in [0.2, 0.25) is 0 Å². The summed E-state index contributed by atoms with van der Waals surface area (Å²) in [5.41, 5.74) is 6.97. The number of guanidine groups is 1. The Hall–Kier alpha value is -2.11. The summed E-state index contributed by atoms with van der Waals surface area (Å²) in [6, 6.07) is 4.11. The molecular weight excluding hydrogens is 306 g/mol. The fraction of sp³-hybridized carbons (Fsp3) is 0.611. The minimum Gasteiger partial charge on any atom is -0.496 e. The number of nitrogens with zero attached hydrogens (tertiary/aromatic N) is 1. The molecule has 1 aromatic carbocycles. The van der Waals surface area contributed by atoms with Crippen molar-refractivity contribution < 1.29 is 14.2 Å². The molecule has 134 valence electrons. The van der Waals surface area contributed by atoms with E-state index in [2.05, 4.69) is 10.3 Å². The lowest BCUT2D eigenvalue weighted by atomic mass is 10.1. The Morgan fingerprint density at radius 2 is 1.58 bits per heavy atom. The lowest BCUT2D eigenvalue weighted by molar-refractivity contribution is 0.347. The summed E-state index contributed by atoms with van der Waals surface area (Å²) in [6.45, 7) is 0.426. The van der Waals surface area contributed by atoms with E-state index in [1.54, 1.807) is 27.4 Å². The Morgan fingerprint density at radius 1 is 1.00 bits per heavy atom. The van der Waals surface area contributed by atoms with Gasteiger partial charge in [-0.25, -0.2) is 4.99 Å². The summed E-state index contributed by atoms with van der Waals surface area (Å²) in [4.78, 5) is 4.47. The molecule has 3 N–H and O–H groups in total. The van der Waals surface area contributed by atoms with Crippen molar-refractivity contribution in [3.63, 3.8) is 0 Å². The van der Waals surface area contributed by atoms with Crippen LogP contribution in [0.3, 0.4) is 0 Å². The van der Waals surface area contributed by atoms with Crippen molar-refractivity contribution >= 4 is 5.96 Å². The number of nitrogens with two attached hydrogens (primary N) is 1. The highest BCUT2D eigenvalue weighted by molar-refractivity contribution is 5.78. The first-order valence-corrected chi connectivity index (χ1v) is 8.53. The number of benzene rings is 1. The van der Waals surface area contributed by atoms with Crippen molar-refractivity contribution in [1.29, 1.82) is 0 Å². The van der Waals surface area contributed by atoms with E-state index in [1.165, 1.54) is 25.7 Å². The molecule has 1 fully saturated rings. The first-order chi connectivity index (χ1) is 11.7. The fourth-order valence-corrected chi connectivity index (χ4v) is 3.06. The number of methoxy groups -OCH3 is 3. The van der Waals surface area contributed by atoms with Crippen molar-refractivity contribution in [3.8, 4) is 17.2 Å². The van der Waals surface area contributed by atoms with Gasteiger partial charge in [0.25, 0.3) is 0 Å². The normalized spacial score (nSPS) is 16.4. The third kappa shape index (κ3) is 4.94. The molecular formula is C18H29N3O3. The predicted octanol–water partition coefficient (Wildman–Crippen LogP) is 2.84. The quantitative estimate of drug-likeness (QED) is 0.475. The number of nitrogens with one attached hydrogen (secondary N) is 1. The van der Waals surface area contributed by atoms with Gasteiger partial charge in [0, 0.05) is 17.7 Å². The van der Waals surface area contributed by atoms with Crippen molar-refractivity contribution in [2.45, 2.75) is 51.1 Å². The standard InChI is InChI=1S/C18H29N3O3/c1-22-15-11-17(24-3)16(23-2)10-13(15)12-20-18(19)21-14-8-6-4-5-7-9-14/h10-11,14H,4-9,12H2,1-3H3,(H3,19,20,21). The molecule has 6 nitrogen and oxygen atoms in total. The third-order valence-electron chi connectivity index (χ3n) is 4.41. The number of ether oxygens (including phenoxy) is 3. The summed E-state index contributed by atoms with van der Waals surface area (Å²) in [7, 11) is 4.84. The molecule has 0 aromatic heterocycles. The van der Waals surface area contributed by atoms with Gasteiger partial charge in [-0.2, -0.15) is 0 Å². The molecule has 24 heavy (non-hydrogen) atoms. The Morgan fingerprint density at radius 3 is 2.17 bits per heavy atom. The average Bonchev–Trinajstić information content (AvgIpc) is 2.87. The fourth-order valence-electron chi connectivity index (χ4n) is 3.06. The molecule has 0 aliphatic heterocycles. The van der Waals surface area contributed by atoms with Gasteiger partial charge in [-0.05, 0) is 18.9 Å². The molecule has 0 atom stereocenters. The van der Waals surface area contributed by atoms with E-state index >= 15 is 0 Å². The first kappa shape index (κ1) is 18.2. The molecule has 0 radical (unpaired) electrons. The number of aliphatic imine (C=N–C) groups is 1. The highest BCUT2D eigenvalue weighted by Crippen LogP contribution is 2.34. The van der Waals surface area contributed by atoms with Gasteiger partial charge in [-0.3, -0.25) is 0 Å². The minimum absolute atomic E-state index is 0.426. The second kappa shape index (κ2) is 9.25. The van der Waals surface area contributed by atoms with Gasteiger partial charge in [0.05, 0.1) is 27.9 Å². The highest BCUT2D eigenvalue weighted by Gasteiger charge is 2.14. The predicted molar refractivity (Wildman–Crippen MR) is 96.1 cm³/mol. The molecule has 0 unspecified atom stereocenters. The highest BCUT2D eigenvalue weighted by atomic mass is 16.5. The van der Waals surface area contributed by atoms with Crippen LogP contribution in [-0.2, 0) is 6.54 Å². The second-order valence-corrected chi connectivity index (χ2v) is 6.05. The van der Waals surface area contributed by atoms with E-state index in [1.807, 2.05) is 6.07 Å². The lowest BCUT2D eigenvalue weighted by Crippen LogP contribution is -2.39. The van der Waals surface area contributed by atoms with Crippen molar-refractivity contribution in [2.75, 3.05) is 21.3 Å². The van der Waals surface area contributed by atoms with E-state index in [4.69, 9.17) is 19.9 Å². The molecule has 1 saturated carbocycles. The smallest absolute Gasteiger partial charge is 0.189 e. The second-order valence-electron chi connectivity index (χ2n) is 6.05. The monoisotopic (exact) mass is 335 g/mol. The largest absolute Gasteiger partial charge is 0.496 e. The van der Waals surface area contributed by atoms with Crippen LogP contribution in [0.5, 0.6) is 17.2 Å². The molecule has 2 rings (SSSR count). The zero-order valence-corrected chi connectivity index (χ0v) is 14.9. The van der Waals surface area contributed by atoms with Crippen molar-refractivity contribution in [3.05, 3.63) is 17.7 Å². The molecule has 1 aliphatic carbocycles. The summed E-state index contributed by atoms with van der Waals surface area (Å²) in [6.07, 6.45) is 7.48. The summed E-state index contributed by atoms with van der Waals surface area (Å²) in [5, 5.41) is 3.35. The van der Waals surface area contributed by atoms with Crippen LogP contribution in [0.2, 0.25) is 0 Å². The molecule has 6 heteroatoms. The van der Waals surface area contributed by atoms with Gasteiger partial charge in [-0.1, -0.05) is 25.7 Å². The van der Waals surface area contributed by atoms with Gasteiger partial charge in [0.1, 0.15) is 5.75 Å².